The van der Waals surface area contributed by atoms with Crippen molar-refractivity contribution in [1.82, 2.24) is 4.31 Å². The molecule has 2 N–H and O–H groups in total. The number of benzene rings is 1. The summed E-state index contributed by atoms with van der Waals surface area (Å²) in [5.41, 5.74) is 5.09. The summed E-state index contributed by atoms with van der Waals surface area (Å²) in [6.45, 7) is 1.30. The molecule has 8 nitrogen and oxygen atoms in total. The zero-order chi connectivity index (χ0) is 15.6. The van der Waals surface area contributed by atoms with Crippen molar-refractivity contribution in [2.24, 2.45) is 5.92 Å². The van der Waals surface area contributed by atoms with E-state index in [1.807, 2.05) is 0 Å². The molecule has 21 heavy (non-hydrogen) atoms. The molecule has 0 radical (unpaired) electrons. The quantitative estimate of drug-likeness (QED) is 0.489. The molecule has 1 fully saturated rings. The predicted octanol–water partition coefficient (Wildman–Crippen LogP) is 0.834. The number of nitrogens with two attached hydrogens (primary N) is 1. The number of ether oxygens (including phenoxy) is 1. The van der Waals surface area contributed by atoms with Gasteiger partial charge in [-0.3, -0.25) is 10.1 Å². The van der Waals surface area contributed by atoms with E-state index >= 15 is 0 Å². The molecule has 1 saturated heterocycles. The molecule has 0 saturated carbocycles. The lowest BCUT2D eigenvalue weighted by atomic mass is 10.1. The lowest BCUT2D eigenvalue weighted by Gasteiger charge is -2.16. The summed E-state index contributed by atoms with van der Waals surface area (Å²) < 4.78 is 31.4. The van der Waals surface area contributed by atoms with Gasteiger partial charge >= 0.3 is 0 Å². The van der Waals surface area contributed by atoms with Gasteiger partial charge in [0.15, 0.2) is 0 Å². The first-order chi connectivity index (χ1) is 9.86. The minimum Gasteiger partial charge on any atom is -0.393 e. The van der Waals surface area contributed by atoms with Crippen LogP contribution in [0.15, 0.2) is 23.1 Å². The van der Waals surface area contributed by atoms with Gasteiger partial charge in [-0.25, -0.2) is 8.42 Å². The smallest absolute Gasteiger partial charge is 0.292 e. The molecule has 9 heteroatoms. The van der Waals surface area contributed by atoms with Crippen LogP contribution in [0.3, 0.4) is 0 Å². The van der Waals surface area contributed by atoms with Crippen LogP contribution in [-0.4, -0.2) is 44.5 Å². The Morgan fingerprint density at radius 2 is 2.24 bits per heavy atom. The summed E-state index contributed by atoms with van der Waals surface area (Å²) in [5.74, 6) is 0.167. The average molecular weight is 315 g/mol. The summed E-state index contributed by atoms with van der Waals surface area (Å²) in [5, 5.41) is 10.7. The van der Waals surface area contributed by atoms with E-state index in [2.05, 4.69) is 0 Å². The Kier molecular flexibility index (Phi) is 4.45. The van der Waals surface area contributed by atoms with Gasteiger partial charge in [-0.05, 0) is 24.5 Å². The zero-order valence-electron chi connectivity index (χ0n) is 11.6. The summed E-state index contributed by atoms with van der Waals surface area (Å²) in [6, 6.07) is 3.47. The average Bonchev–Trinajstić information content (AvgIpc) is 2.88. The van der Waals surface area contributed by atoms with Crippen LogP contribution in [-0.2, 0) is 14.8 Å². The highest BCUT2D eigenvalue weighted by Gasteiger charge is 2.33. The van der Waals surface area contributed by atoms with E-state index in [4.69, 9.17) is 10.5 Å². The lowest BCUT2D eigenvalue weighted by molar-refractivity contribution is -0.383. The van der Waals surface area contributed by atoms with E-state index in [1.54, 1.807) is 7.11 Å². The molecule has 2 rings (SSSR count). The van der Waals surface area contributed by atoms with Gasteiger partial charge in [0.1, 0.15) is 5.69 Å². The molecule has 116 valence electrons. The molecular formula is C12H17N3O5S. The van der Waals surface area contributed by atoms with E-state index in [0.29, 0.717) is 19.7 Å². The van der Waals surface area contributed by atoms with Crippen LogP contribution in [0.25, 0.3) is 0 Å². The Hall–Kier alpha value is -1.71. The summed E-state index contributed by atoms with van der Waals surface area (Å²) in [4.78, 5) is 10.0. The molecular weight excluding hydrogens is 298 g/mol. The van der Waals surface area contributed by atoms with E-state index in [1.165, 1.54) is 10.4 Å². The van der Waals surface area contributed by atoms with Gasteiger partial charge in [0.25, 0.3) is 5.69 Å². The fourth-order valence-electron chi connectivity index (χ4n) is 2.40. The maximum atomic E-state index is 12.5. The molecule has 0 aromatic heterocycles. The Bertz CT molecular complexity index is 646. The second-order valence-corrected chi connectivity index (χ2v) is 6.89. The molecule has 1 aromatic carbocycles. The molecule has 1 heterocycles. The lowest BCUT2D eigenvalue weighted by Crippen LogP contribution is -2.29. The SMILES string of the molecule is COCC1CCN(S(=O)(=O)c2ccc([N+](=O)[O-])c(N)c2)C1. The van der Waals surface area contributed by atoms with Crippen LogP contribution < -0.4 is 5.73 Å². The van der Waals surface area contributed by atoms with Crippen molar-refractivity contribution in [2.45, 2.75) is 11.3 Å². The number of nitro groups is 1. The standard InChI is InChI=1S/C12H17N3O5S/c1-20-8-9-4-5-14(7-9)21(18,19)10-2-3-12(15(16)17)11(13)6-10/h2-3,6,9H,4-5,7-8,13H2,1H3. The second-order valence-electron chi connectivity index (χ2n) is 4.95. The number of nitro benzene ring substituents is 1. The van der Waals surface area contributed by atoms with Crippen molar-refractivity contribution >= 4 is 21.4 Å². The van der Waals surface area contributed by atoms with Crippen molar-refractivity contribution < 1.29 is 18.1 Å². The van der Waals surface area contributed by atoms with E-state index in [0.717, 1.165) is 18.6 Å². The van der Waals surface area contributed by atoms with Crippen LogP contribution >= 0.6 is 0 Å². The molecule has 0 spiro atoms. The summed E-state index contributed by atoms with van der Waals surface area (Å²) >= 11 is 0. The van der Waals surface area contributed by atoms with Gasteiger partial charge in [0, 0.05) is 26.3 Å². The predicted molar refractivity (Wildman–Crippen MR) is 76.3 cm³/mol. The van der Waals surface area contributed by atoms with Gasteiger partial charge in [0.2, 0.25) is 10.0 Å². The van der Waals surface area contributed by atoms with Gasteiger partial charge in [-0.1, -0.05) is 0 Å². The van der Waals surface area contributed by atoms with Crippen LogP contribution in [0.4, 0.5) is 11.4 Å². The molecule has 1 unspecified atom stereocenters. The molecule has 1 aromatic rings. The highest BCUT2D eigenvalue weighted by Crippen LogP contribution is 2.29. The third-order valence-electron chi connectivity index (χ3n) is 3.48. The van der Waals surface area contributed by atoms with Gasteiger partial charge in [-0.15, -0.1) is 0 Å². The topological polar surface area (TPSA) is 116 Å². The van der Waals surface area contributed by atoms with Gasteiger partial charge in [0.05, 0.1) is 16.4 Å². The van der Waals surface area contributed by atoms with Crippen LogP contribution in [0.5, 0.6) is 0 Å². The normalized spacial score (nSPS) is 19.8. The number of anilines is 1. The monoisotopic (exact) mass is 315 g/mol. The number of nitrogen functional groups attached to an aromatic ring is 1. The number of methoxy groups -OCH3 is 1. The number of nitrogens with zero attached hydrogens (tertiary/aromatic N) is 2. The third-order valence-corrected chi connectivity index (χ3v) is 5.35. The second kappa shape index (κ2) is 5.96. The Labute approximate surface area is 122 Å². The molecule has 0 bridgehead atoms. The van der Waals surface area contributed by atoms with Crippen LogP contribution in [0.2, 0.25) is 0 Å². The fraction of sp³-hybridized carbons (Fsp3) is 0.500. The molecule has 1 aliphatic rings. The first-order valence-electron chi connectivity index (χ1n) is 6.39. The minimum absolute atomic E-state index is 0.0244. The van der Waals surface area contributed by atoms with Gasteiger partial charge < -0.3 is 10.5 Å². The van der Waals surface area contributed by atoms with Crippen molar-refractivity contribution in [3.63, 3.8) is 0 Å². The maximum Gasteiger partial charge on any atom is 0.292 e. The highest BCUT2D eigenvalue weighted by molar-refractivity contribution is 7.89. The van der Waals surface area contributed by atoms with Crippen LogP contribution in [0, 0.1) is 16.0 Å². The zero-order valence-corrected chi connectivity index (χ0v) is 12.4. The molecule has 0 amide bonds. The largest absolute Gasteiger partial charge is 0.393 e. The van der Waals surface area contributed by atoms with Crippen LogP contribution in [0.1, 0.15) is 6.42 Å². The first-order valence-corrected chi connectivity index (χ1v) is 7.83. The Morgan fingerprint density at radius 1 is 1.52 bits per heavy atom. The van der Waals surface area contributed by atoms with Gasteiger partial charge in [-0.2, -0.15) is 4.31 Å². The Morgan fingerprint density at radius 3 is 2.81 bits per heavy atom. The highest BCUT2D eigenvalue weighted by atomic mass is 32.2. The van der Waals surface area contributed by atoms with E-state index in [-0.39, 0.29) is 22.2 Å². The number of hydrogen-bond acceptors (Lipinski definition) is 6. The van der Waals surface area contributed by atoms with Crippen molar-refractivity contribution in [2.75, 3.05) is 32.5 Å². The summed E-state index contributed by atoms with van der Waals surface area (Å²) in [6.07, 6.45) is 0.732. The first kappa shape index (κ1) is 15.7. The van der Waals surface area contributed by atoms with E-state index in [9.17, 15) is 18.5 Å². The van der Waals surface area contributed by atoms with E-state index < -0.39 is 14.9 Å². The number of sulfonamides is 1. The fourth-order valence-corrected chi connectivity index (χ4v) is 3.96. The number of hydrogen-bond donors (Lipinski definition) is 1. The van der Waals surface area contributed by atoms with Crippen molar-refractivity contribution in [1.29, 1.82) is 0 Å². The minimum atomic E-state index is -3.68. The summed E-state index contributed by atoms with van der Waals surface area (Å²) in [7, 11) is -2.10. The maximum absolute atomic E-state index is 12.5. The molecule has 1 aliphatic heterocycles. The number of rotatable bonds is 5. The third kappa shape index (κ3) is 3.14. The van der Waals surface area contributed by atoms with Crippen molar-refractivity contribution in [3.8, 4) is 0 Å². The molecule has 0 aliphatic carbocycles. The Balaban J connectivity index is 2.24. The van der Waals surface area contributed by atoms with Crippen molar-refractivity contribution in [3.05, 3.63) is 28.3 Å². The molecule has 1 atom stereocenters.